The quantitative estimate of drug-likeness (QED) is 0.414. The van der Waals surface area contributed by atoms with Crippen LogP contribution in [0.1, 0.15) is 15.9 Å². The van der Waals surface area contributed by atoms with Gasteiger partial charge in [0, 0.05) is 16.7 Å². The zero-order valence-electron chi connectivity index (χ0n) is 17.9. The molecular weight excluding hydrogens is 406 g/mol. The number of aromatic nitrogens is 2. The molecule has 0 aliphatic rings. The molecular formula is C25H23N3O4. The van der Waals surface area contributed by atoms with E-state index in [0.29, 0.717) is 36.2 Å². The highest BCUT2D eigenvalue weighted by Crippen LogP contribution is 2.24. The summed E-state index contributed by atoms with van der Waals surface area (Å²) in [5, 5.41) is 11.1. The number of ether oxygens (including phenoxy) is 2. The molecule has 0 aliphatic carbocycles. The molecule has 0 bridgehead atoms. The molecule has 1 amide bonds. The van der Waals surface area contributed by atoms with Crippen molar-refractivity contribution in [1.82, 2.24) is 15.5 Å². The van der Waals surface area contributed by atoms with Gasteiger partial charge >= 0.3 is 0 Å². The first kappa shape index (κ1) is 21.1. The summed E-state index contributed by atoms with van der Waals surface area (Å²) < 4.78 is 16.5. The average Bonchev–Trinajstić information content (AvgIpc) is 3.33. The topological polar surface area (TPSA) is 86.5 Å². The van der Waals surface area contributed by atoms with Crippen molar-refractivity contribution in [2.45, 2.75) is 6.92 Å². The van der Waals surface area contributed by atoms with Gasteiger partial charge in [-0.15, -0.1) is 10.2 Å². The highest BCUT2D eigenvalue weighted by Gasteiger charge is 2.12. The van der Waals surface area contributed by atoms with E-state index in [1.807, 2.05) is 55.5 Å². The molecule has 7 heteroatoms. The second kappa shape index (κ2) is 9.78. The fourth-order valence-corrected chi connectivity index (χ4v) is 3.11. The molecule has 0 fully saturated rings. The number of methoxy groups -OCH3 is 1. The van der Waals surface area contributed by atoms with Gasteiger partial charge in [0.2, 0.25) is 11.8 Å². The highest BCUT2D eigenvalue weighted by atomic mass is 16.5. The molecule has 0 unspecified atom stereocenters. The van der Waals surface area contributed by atoms with Crippen LogP contribution in [0.3, 0.4) is 0 Å². The van der Waals surface area contributed by atoms with Gasteiger partial charge in [0.15, 0.2) is 0 Å². The molecule has 162 valence electrons. The number of hydrogen-bond acceptors (Lipinski definition) is 6. The lowest BCUT2D eigenvalue weighted by Crippen LogP contribution is -2.28. The lowest BCUT2D eigenvalue weighted by atomic mass is 10.1. The molecule has 0 saturated carbocycles. The number of benzene rings is 3. The zero-order chi connectivity index (χ0) is 22.3. The van der Waals surface area contributed by atoms with E-state index in [2.05, 4.69) is 15.5 Å². The number of nitrogens with zero attached hydrogens (tertiary/aromatic N) is 2. The Balaban J connectivity index is 1.30. The number of aryl methyl sites for hydroxylation is 1. The molecule has 0 radical (unpaired) electrons. The predicted octanol–water partition coefficient (Wildman–Crippen LogP) is 4.53. The van der Waals surface area contributed by atoms with Gasteiger partial charge in [0.05, 0.1) is 13.7 Å². The van der Waals surface area contributed by atoms with Crippen LogP contribution in [0.15, 0.2) is 77.2 Å². The van der Waals surface area contributed by atoms with Crippen LogP contribution >= 0.6 is 0 Å². The summed E-state index contributed by atoms with van der Waals surface area (Å²) in [5.74, 6) is 2.17. The van der Waals surface area contributed by atoms with Crippen LogP contribution in [0.5, 0.6) is 11.5 Å². The number of nitrogens with one attached hydrogen (secondary N) is 1. The second-order valence-electron chi connectivity index (χ2n) is 7.14. The van der Waals surface area contributed by atoms with E-state index in [4.69, 9.17) is 13.9 Å². The van der Waals surface area contributed by atoms with Crippen LogP contribution in [0.2, 0.25) is 0 Å². The Hall–Kier alpha value is -4.13. The van der Waals surface area contributed by atoms with Crippen molar-refractivity contribution in [3.8, 4) is 34.4 Å². The van der Waals surface area contributed by atoms with E-state index in [1.54, 1.807) is 31.4 Å². The third-order valence-corrected chi connectivity index (χ3v) is 4.80. The molecule has 1 heterocycles. The predicted molar refractivity (Wildman–Crippen MR) is 121 cm³/mol. The lowest BCUT2D eigenvalue weighted by Gasteiger charge is -2.08. The number of carbonyl (C=O) groups excluding carboxylic acids is 1. The van der Waals surface area contributed by atoms with Crippen molar-refractivity contribution in [2.24, 2.45) is 0 Å². The van der Waals surface area contributed by atoms with Crippen molar-refractivity contribution in [1.29, 1.82) is 0 Å². The van der Waals surface area contributed by atoms with Gasteiger partial charge in [-0.2, -0.15) is 0 Å². The monoisotopic (exact) mass is 429 g/mol. The first-order valence-corrected chi connectivity index (χ1v) is 10.2. The smallest absolute Gasteiger partial charge is 0.251 e. The maximum atomic E-state index is 12.4. The first-order chi connectivity index (χ1) is 15.6. The van der Waals surface area contributed by atoms with Crippen molar-refractivity contribution < 1.29 is 18.7 Å². The fraction of sp³-hybridized carbons (Fsp3) is 0.160. The van der Waals surface area contributed by atoms with Crippen LogP contribution < -0.4 is 14.8 Å². The normalized spacial score (nSPS) is 10.6. The zero-order valence-corrected chi connectivity index (χ0v) is 17.9. The fourth-order valence-electron chi connectivity index (χ4n) is 3.11. The van der Waals surface area contributed by atoms with Crippen LogP contribution in [-0.4, -0.2) is 36.4 Å². The molecule has 0 atom stereocenters. The van der Waals surface area contributed by atoms with Gasteiger partial charge in [0.25, 0.3) is 5.91 Å². The Morgan fingerprint density at radius 3 is 2.28 bits per heavy atom. The number of hydrogen-bond donors (Lipinski definition) is 1. The summed E-state index contributed by atoms with van der Waals surface area (Å²) in [6, 6.07) is 22.2. The molecule has 0 aliphatic heterocycles. The van der Waals surface area contributed by atoms with Crippen molar-refractivity contribution >= 4 is 5.91 Å². The molecule has 3 aromatic carbocycles. The maximum absolute atomic E-state index is 12.4. The molecule has 0 saturated heterocycles. The van der Waals surface area contributed by atoms with Crippen LogP contribution in [0, 0.1) is 6.92 Å². The molecule has 32 heavy (non-hydrogen) atoms. The first-order valence-electron chi connectivity index (χ1n) is 10.2. The van der Waals surface area contributed by atoms with E-state index in [1.165, 1.54) is 0 Å². The summed E-state index contributed by atoms with van der Waals surface area (Å²) in [5.41, 5.74) is 3.27. The van der Waals surface area contributed by atoms with Crippen molar-refractivity contribution in [2.75, 3.05) is 20.3 Å². The van der Waals surface area contributed by atoms with Gasteiger partial charge in [-0.25, -0.2) is 0 Å². The Morgan fingerprint density at radius 1 is 0.906 bits per heavy atom. The molecule has 4 aromatic rings. The van der Waals surface area contributed by atoms with E-state index >= 15 is 0 Å². The third kappa shape index (κ3) is 5.13. The summed E-state index contributed by atoms with van der Waals surface area (Å²) in [7, 11) is 1.61. The summed E-state index contributed by atoms with van der Waals surface area (Å²) in [6.07, 6.45) is 0. The minimum absolute atomic E-state index is 0.180. The van der Waals surface area contributed by atoms with Crippen LogP contribution in [0.25, 0.3) is 22.9 Å². The van der Waals surface area contributed by atoms with E-state index < -0.39 is 0 Å². The van der Waals surface area contributed by atoms with Gasteiger partial charge in [0.1, 0.15) is 18.1 Å². The van der Waals surface area contributed by atoms with Gasteiger partial charge in [-0.05, 0) is 67.6 Å². The largest absolute Gasteiger partial charge is 0.497 e. The van der Waals surface area contributed by atoms with E-state index in [-0.39, 0.29) is 5.91 Å². The Bertz CT molecular complexity index is 1180. The Kier molecular flexibility index (Phi) is 6.46. The van der Waals surface area contributed by atoms with Crippen LogP contribution in [0.4, 0.5) is 0 Å². The Morgan fingerprint density at radius 2 is 1.59 bits per heavy atom. The van der Waals surface area contributed by atoms with E-state index in [0.717, 1.165) is 22.4 Å². The number of carbonyl (C=O) groups is 1. The third-order valence-electron chi connectivity index (χ3n) is 4.80. The minimum Gasteiger partial charge on any atom is -0.497 e. The number of rotatable bonds is 8. The summed E-state index contributed by atoms with van der Waals surface area (Å²) in [4.78, 5) is 12.4. The van der Waals surface area contributed by atoms with Crippen LogP contribution in [-0.2, 0) is 0 Å². The molecule has 1 N–H and O–H groups in total. The highest BCUT2D eigenvalue weighted by molar-refractivity contribution is 5.94. The summed E-state index contributed by atoms with van der Waals surface area (Å²) in [6.45, 7) is 2.76. The maximum Gasteiger partial charge on any atom is 0.251 e. The average molecular weight is 429 g/mol. The molecule has 7 nitrogen and oxygen atoms in total. The molecule has 0 spiro atoms. The number of amides is 1. The van der Waals surface area contributed by atoms with Crippen molar-refractivity contribution in [3.05, 3.63) is 83.9 Å². The van der Waals surface area contributed by atoms with Gasteiger partial charge in [-0.1, -0.05) is 17.7 Å². The molecule has 1 aromatic heterocycles. The SMILES string of the molecule is COc1ccc(OCCNC(=O)c2ccc(-c3nnc(-c4cccc(C)c4)o3)cc2)cc1. The second-order valence-corrected chi connectivity index (χ2v) is 7.14. The van der Waals surface area contributed by atoms with Gasteiger partial charge < -0.3 is 19.2 Å². The summed E-state index contributed by atoms with van der Waals surface area (Å²) >= 11 is 0. The lowest BCUT2D eigenvalue weighted by molar-refractivity contribution is 0.0947. The van der Waals surface area contributed by atoms with E-state index in [9.17, 15) is 4.79 Å². The molecule has 4 rings (SSSR count). The Labute approximate surface area is 186 Å². The standard InChI is InChI=1S/C25H23N3O4/c1-17-4-3-5-20(16-17)25-28-27-24(32-25)19-8-6-18(7-9-19)23(29)26-14-15-31-22-12-10-21(30-2)11-13-22/h3-13,16H,14-15H2,1-2H3,(H,26,29). The van der Waals surface area contributed by atoms with Crippen molar-refractivity contribution in [3.63, 3.8) is 0 Å². The minimum atomic E-state index is -0.180. The van der Waals surface area contributed by atoms with Gasteiger partial charge in [-0.3, -0.25) is 4.79 Å².